The van der Waals surface area contributed by atoms with Crippen LogP contribution in [0, 0.1) is 10.8 Å². The van der Waals surface area contributed by atoms with Crippen molar-refractivity contribution in [2.75, 3.05) is 19.7 Å². The van der Waals surface area contributed by atoms with Gasteiger partial charge in [0.1, 0.15) is 0 Å². The lowest BCUT2D eigenvalue weighted by Gasteiger charge is -2.55. The Morgan fingerprint density at radius 1 is 1.28 bits per heavy atom. The van der Waals surface area contributed by atoms with Crippen LogP contribution in [0.25, 0.3) is 0 Å². The Bertz CT molecular complexity index is 450. The molecular formula is C18H37IN4O2. The first-order valence-corrected chi connectivity index (χ1v) is 9.23. The molecule has 148 valence electrons. The number of rotatable bonds is 9. The fraction of sp³-hybridized carbons (Fsp3) is 0.889. The number of nitrogens with two attached hydrogens (primary N) is 1. The van der Waals surface area contributed by atoms with Gasteiger partial charge in [-0.2, -0.15) is 0 Å². The standard InChI is InChI=1S/C18H36N4O2.HI/c1-7-18(8-2)13(11-14(18)24-10-4)22-16(20-9-3)21-12-17(5,6)15(19)23;/h13-14H,7-12H2,1-6H3,(H2,19,23)(H2,20,21,22);1H. The van der Waals surface area contributed by atoms with Crippen molar-refractivity contribution < 1.29 is 9.53 Å². The van der Waals surface area contributed by atoms with Crippen molar-refractivity contribution in [3.05, 3.63) is 0 Å². The summed E-state index contributed by atoms with van der Waals surface area (Å²) in [5, 5.41) is 6.83. The zero-order valence-corrected chi connectivity index (χ0v) is 19.0. The number of primary amides is 1. The Morgan fingerprint density at radius 2 is 1.88 bits per heavy atom. The van der Waals surface area contributed by atoms with Crippen LogP contribution in [0.1, 0.15) is 60.8 Å². The third-order valence-electron chi connectivity index (χ3n) is 5.42. The van der Waals surface area contributed by atoms with Crippen LogP contribution in [0.15, 0.2) is 4.99 Å². The summed E-state index contributed by atoms with van der Waals surface area (Å²) in [6.45, 7) is 14.1. The van der Waals surface area contributed by atoms with Crippen LogP contribution in [-0.2, 0) is 9.53 Å². The maximum atomic E-state index is 11.5. The lowest BCUT2D eigenvalue weighted by molar-refractivity contribution is -0.133. The number of hydrogen-bond acceptors (Lipinski definition) is 3. The van der Waals surface area contributed by atoms with Gasteiger partial charge in [0.2, 0.25) is 5.91 Å². The predicted octanol–water partition coefficient (Wildman–Crippen LogP) is 2.65. The highest BCUT2D eigenvalue weighted by Gasteiger charge is 2.53. The first-order chi connectivity index (χ1) is 11.3. The maximum absolute atomic E-state index is 11.5. The first kappa shape index (κ1) is 24.4. The van der Waals surface area contributed by atoms with Crippen LogP contribution in [0.5, 0.6) is 0 Å². The number of nitrogens with zero attached hydrogens (tertiary/aromatic N) is 1. The summed E-state index contributed by atoms with van der Waals surface area (Å²) in [5.41, 5.74) is 4.94. The summed E-state index contributed by atoms with van der Waals surface area (Å²) in [6.07, 6.45) is 3.43. The van der Waals surface area contributed by atoms with Gasteiger partial charge in [-0.05, 0) is 47.0 Å². The largest absolute Gasteiger partial charge is 0.378 e. The van der Waals surface area contributed by atoms with E-state index in [0.29, 0.717) is 18.7 Å². The molecule has 4 N–H and O–H groups in total. The van der Waals surface area contributed by atoms with E-state index in [0.717, 1.165) is 38.4 Å². The zero-order chi connectivity index (χ0) is 18.4. The number of amides is 1. The van der Waals surface area contributed by atoms with Gasteiger partial charge in [0.05, 0.1) is 18.1 Å². The number of hydrogen-bond donors (Lipinski definition) is 3. The number of ether oxygens (including phenoxy) is 1. The van der Waals surface area contributed by atoms with Gasteiger partial charge in [0, 0.05) is 24.6 Å². The first-order valence-electron chi connectivity index (χ1n) is 9.23. The summed E-state index contributed by atoms with van der Waals surface area (Å²) < 4.78 is 5.93. The zero-order valence-electron chi connectivity index (χ0n) is 16.6. The second-order valence-corrected chi connectivity index (χ2v) is 7.26. The number of nitrogens with one attached hydrogen (secondary N) is 2. The van der Waals surface area contributed by atoms with Gasteiger partial charge >= 0.3 is 0 Å². The molecule has 0 bridgehead atoms. The summed E-state index contributed by atoms with van der Waals surface area (Å²) in [5.74, 6) is 0.414. The molecule has 0 saturated heterocycles. The van der Waals surface area contributed by atoms with E-state index in [4.69, 9.17) is 10.5 Å². The number of guanidine groups is 1. The van der Waals surface area contributed by atoms with E-state index in [1.165, 1.54) is 0 Å². The number of halogens is 1. The van der Waals surface area contributed by atoms with Crippen molar-refractivity contribution in [1.82, 2.24) is 10.6 Å². The number of carbonyl (C=O) groups is 1. The molecule has 6 nitrogen and oxygen atoms in total. The maximum Gasteiger partial charge on any atom is 0.224 e. The molecule has 7 heteroatoms. The number of aliphatic imine (C=N–C) groups is 1. The van der Waals surface area contributed by atoms with Gasteiger partial charge in [-0.25, -0.2) is 0 Å². The van der Waals surface area contributed by atoms with Crippen LogP contribution in [0.2, 0.25) is 0 Å². The molecule has 1 amide bonds. The normalized spacial score (nSPS) is 22.6. The van der Waals surface area contributed by atoms with Crippen molar-refractivity contribution in [3.63, 3.8) is 0 Å². The molecule has 1 saturated carbocycles. The molecule has 0 aliphatic heterocycles. The average molecular weight is 468 g/mol. The molecule has 1 fully saturated rings. The molecule has 0 aromatic rings. The van der Waals surface area contributed by atoms with Crippen LogP contribution >= 0.6 is 24.0 Å². The monoisotopic (exact) mass is 468 g/mol. The quantitative estimate of drug-likeness (QED) is 0.276. The Labute approximate surface area is 170 Å². The molecule has 0 radical (unpaired) electrons. The van der Waals surface area contributed by atoms with Crippen molar-refractivity contribution in [1.29, 1.82) is 0 Å². The fourth-order valence-corrected chi connectivity index (χ4v) is 3.42. The Balaban J connectivity index is 0.00000576. The van der Waals surface area contributed by atoms with E-state index in [-0.39, 0.29) is 35.3 Å². The molecule has 25 heavy (non-hydrogen) atoms. The lowest BCUT2D eigenvalue weighted by Crippen LogP contribution is -2.65. The van der Waals surface area contributed by atoms with Crippen LogP contribution < -0.4 is 16.4 Å². The summed E-state index contributed by atoms with van der Waals surface area (Å²) in [6, 6.07) is 0.332. The van der Waals surface area contributed by atoms with Crippen molar-refractivity contribution >= 4 is 35.8 Å². The van der Waals surface area contributed by atoms with Gasteiger partial charge in [0.25, 0.3) is 0 Å². The Morgan fingerprint density at radius 3 is 2.32 bits per heavy atom. The summed E-state index contributed by atoms with van der Waals surface area (Å²) in [7, 11) is 0. The minimum atomic E-state index is -0.650. The molecule has 1 aliphatic carbocycles. The highest BCUT2D eigenvalue weighted by Crippen LogP contribution is 2.48. The number of carbonyl (C=O) groups excluding carboxylic acids is 1. The van der Waals surface area contributed by atoms with E-state index in [2.05, 4.69) is 29.5 Å². The second kappa shape index (κ2) is 10.5. The second-order valence-electron chi connectivity index (χ2n) is 7.26. The highest BCUT2D eigenvalue weighted by molar-refractivity contribution is 14.0. The summed E-state index contributed by atoms with van der Waals surface area (Å²) in [4.78, 5) is 16.1. The Kier molecular flexibility index (Phi) is 10.3. The smallest absolute Gasteiger partial charge is 0.224 e. The van der Waals surface area contributed by atoms with E-state index in [1.54, 1.807) is 0 Å². The molecule has 0 aromatic carbocycles. The van der Waals surface area contributed by atoms with Gasteiger partial charge in [-0.15, -0.1) is 24.0 Å². The van der Waals surface area contributed by atoms with Crippen molar-refractivity contribution in [2.24, 2.45) is 21.6 Å². The van der Waals surface area contributed by atoms with E-state index in [1.807, 2.05) is 27.7 Å². The molecule has 2 unspecified atom stereocenters. The van der Waals surface area contributed by atoms with Crippen LogP contribution in [-0.4, -0.2) is 43.7 Å². The lowest BCUT2D eigenvalue weighted by atomic mass is 9.58. The highest BCUT2D eigenvalue weighted by atomic mass is 127. The third kappa shape index (κ3) is 5.70. The van der Waals surface area contributed by atoms with Crippen LogP contribution in [0.3, 0.4) is 0 Å². The SMILES string of the molecule is CCNC(=NCC(C)(C)C(N)=O)NC1CC(OCC)C1(CC)CC.I. The molecular weight excluding hydrogens is 431 g/mol. The minimum absolute atomic E-state index is 0. The van der Waals surface area contributed by atoms with Crippen LogP contribution in [0.4, 0.5) is 0 Å². The third-order valence-corrected chi connectivity index (χ3v) is 5.42. The predicted molar refractivity (Wildman–Crippen MR) is 114 cm³/mol. The Hall–Kier alpha value is -0.570. The van der Waals surface area contributed by atoms with Crippen molar-refractivity contribution in [2.45, 2.75) is 73.0 Å². The molecule has 1 aliphatic rings. The molecule has 2 atom stereocenters. The van der Waals surface area contributed by atoms with Crippen molar-refractivity contribution in [3.8, 4) is 0 Å². The van der Waals surface area contributed by atoms with Gasteiger partial charge < -0.3 is 21.1 Å². The van der Waals surface area contributed by atoms with E-state index >= 15 is 0 Å². The average Bonchev–Trinajstić information content (AvgIpc) is 2.52. The molecule has 0 spiro atoms. The van der Waals surface area contributed by atoms with E-state index < -0.39 is 5.41 Å². The molecule has 0 aromatic heterocycles. The van der Waals surface area contributed by atoms with E-state index in [9.17, 15) is 4.79 Å². The van der Waals surface area contributed by atoms with Gasteiger partial charge in [0.15, 0.2) is 5.96 Å². The fourth-order valence-electron chi connectivity index (χ4n) is 3.42. The minimum Gasteiger partial charge on any atom is -0.378 e. The molecule has 0 heterocycles. The summed E-state index contributed by atoms with van der Waals surface area (Å²) >= 11 is 0. The molecule has 1 rings (SSSR count). The van der Waals surface area contributed by atoms with Gasteiger partial charge in [-0.1, -0.05) is 13.8 Å². The topological polar surface area (TPSA) is 88.7 Å². The van der Waals surface area contributed by atoms with Gasteiger partial charge in [-0.3, -0.25) is 9.79 Å².